The smallest absolute Gasteiger partial charge is 0.458 e. The molecule has 2 aliphatic heterocycles. The minimum Gasteiger partial charge on any atom is -0.483 e. The molecule has 2 aromatic carbocycles. The van der Waals surface area contributed by atoms with Crippen molar-refractivity contribution in [1.82, 2.24) is 10.4 Å². The number of hydroxylamine groups is 1. The Bertz CT molecular complexity index is 1160. The van der Waals surface area contributed by atoms with Gasteiger partial charge in [-0.2, -0.15) is 27.4 Å². The molecule has 5 nitrogen and oxygen atoms in total. The Kier molecular flexibility index (Phi) is 5.93. The predicted molar refractivity (Wildman–Crippen MR) is 114 cm³/mol. The van der Waals surface area contributed by atoms with Crippen LogP contribution in [-0.2, 0) is 17.3 Å². The quantitative estimate of drug-likeness (QED) is 0.340. The molecule has 2 aliphatic rings. The maximum Gasteiger partial charge on any atom is 0.458 e. The van der Waals surface area contributed by atoms with E-state index in [0.717, 1.165) is 17.7 Å². The topological polar surface area (TPSA) is 50.8 Å². The normalized spacial score (nSPS) is 17.5. The highest BCUT2D eigenvalue weighted by Gasteiger charge is 2.59. The van der Waals surface area contributed by atoms with E-state index in [-0.39, 0.29) is 36.0 Å². The third kappa shape index (κ3) is 3.94. The molecule has 34 heavy (non-hydrogen) atoms. The van der Waals surface area contributed by atoms with Crippen LogP contribution in [0.2, 0.25) is 0 Å². The van der Waals surface area contributed by atoms with Gasteiger partial charge >= 0.3 is 12.1 Å². The predicted octanol–water partition coefficient (Wildman–Crippen LogP) is 5.42. The number of nitrogens with zero attached hydrogens (tertiary/aromatic N) is 1. The average molecular weight is 482 g/mol. The van der Waals surface area contributed by atoms with E-state index in [4.69, 9.17) is 9.57 Å². The molecule has 4 rings (SSSR count). The number of halogens is 5. The summed E-state index contributed by atoms with van der Waals surface area (Å²) >= 11 is 0. The summed E-state index contributed by atoms with van der Waals surface area (Å²) in [5.41, 5.74) is 2.33. The molecule has 0 spiro atoms. The van der Waals surface area contributed by atoms with Gasteiger partial charge in [-0.3, -0.25) is 4.79 Å². The lowest BCUT2D eigenvalue weighted by atomic mass is 9.87. The molecule has 0 unspecified atom stereocenters. The van der Waals surface area contributed by atoms with Crippen molar-refractivity contribution in [3.05, 3.63) is 70.3 Å². The van der Waals surface area contributed by atoms with Crippen LogP contribution in [-0.4, -0.2) is 35.7 Å². The SMILES string of the molecule is CCONCC1=C(N2Cc3ccccc3C2=O)c2cc(C(F)(F)C(F)(F)F)ccc2OC1(C)C. The Hall–Kier alpha value is -2.98. The lowest BCUT2D eigenvalue weighted by Gasteiger charge is -2.40. The van der Waals surface area contributed by atoms with E-state index in [1.807, 2.05) is 0 Å². The highest BCUT2D eigenvalue weighted by Crippen LogP contribution is 2.49. The van der Waals surface area contributed by atoms with Gasteiger partial charge in [-0.15, -0.1) is 0 Å². The van der Waals surface area contributed by atoms with E-state index in [0.29, 0.717) is 23.8 Å². The summed E-state index contributed by atoms with van der Waals surface area (Å²) in [4.78, 5) is 19.9. The van der Waals surface area contributed by atoms with E-state index in [9.17, 15) is 26.7 Å². The van der Waals surface area contributed by atoms with Gasteiger partial charge in [-0.05, 0) is 50.6 Å². The number of nitrogens with one attached hydrogen (secondary N) is 1. The first-order chi connectivity index (χ1) is 15.9. The number of hydrogen-bond acceptors (Lipinski definition) is 4. The molecule has 0 fully saturated rings. The summed E-state index contributed by atoms with van der Waals surface area (Å²) in [6, 6.07) is 9.43. The molecule has 0 atom stereocenters. The molecular formula is C24H23F5N2O3. The minimum absolute atomic E-state index is 0.0183. The summed E-state index contributed by atoms with van der Waals surface area (Å²) in [5.74, 6) is -5.36. The van der Waals surface area contributed by atoms with Crippen LogP contribution >= 0.6 is 0 Å². The van der Waals surface area contributed by atoms with Crippen LogP contribution in [0.3, 0.4) is 0 Å². The van der Waals surface area contributed by atoms with Gasteiger partial charge < -0.3 is 14.5 Å². The lowest BCUT2D eigenvalue weighted by molar-refractivity contribution is -0.289. The zero-order valence-corrected chi connectivity index (χ0v) is 18.7. The van der Waals surface area contributed by atoms with Crippen molar-refractivity contribution < 1.29 is 36.3 Å². The van der Waals surface area contributed by atoms with Crippen LogP contribution < -0.4 is 10.2 Å². The van der Waals surface area contributed by atoms with Crippen molar-refractivity contribution in [2.45, 2.75) is 45.0 Å². The van der Waals surface area contributed by atoms with Gasteiger partial charge in [0.05, 0.1) is 18.8 Å². The van der Waals surface area contributed by atoms with Gasteiger partial charge in [0.25, 0.3) is 5.91 Å². The average Bonchev–Trinajstić information content (AvgIpc) is 3.09. The summed E-state index contributed by atoms with van der Waals surface area (Å²) < 4.78 is 73.8. The van der Waals surface area contributed by atoms with Crippen LogP contribution in [0, 0.1) is 0 Å². The molecular weight excluding hydrogens is 459 g/mol. The molecule has 0 bridgehead atoms. The molecule has 0 saturated carbocycles. The molecule has 1 N–H and O–H groups in total. The van der Waals surface area contributed by atoms with Gasteiger partial charge in [0.15, 0.2) is 0 Å². The second-order valence-electron chi connectivity index (χ2n) is 8.53. The Balaban J connectivity index is 1.92. The van der Waals surface area contributed by atoms with Gasteiger partial charge in [0, 0.05) is 28.8 Å². The van der Waals surface area contributed by atoms with Crippen molar-refractivity contribution in [2.24, 2.45) is 0 Å². The second kappa shape index (κ2) is 8.35. The monoisotopic (exact) mass is 482 g/mol. The number of carbonyl (C=O) groups excluding carboxylic acids is 1. The number of amides is 1. The zero-order chi connectivity index (χ0) is 24.9. The highest BCUT2D eigenvalue weighted by molar-refractivity contribution is 6.04. The zero-order valence-electron chi connectivity index (χ0n) is 18.7. The second-order valence-corrected chi connectivity index (χ2v) is 8.53. The first kappa shape index (κ1) is 24.2. The fourth-order valence-corrected chi connectivity index (χ4v) is 4.21. The maximum absolute atomic E-state index is 14.2. The van der Waals surface area contributed by atoms with E-state index >= 15 is 0 Å². The van der Waals surface area contributed by atoms with E-state index in [2.05, 4.69) is 5.48 Å². The van der Waals surface area contributed by atoms with Crippen molar-refractivity contribution in [3.8, 4) is 5.75 Å². The Morgan fingerprint density at radius 1 is 1.09 bits per heavy atom. The summed E-state index contributed by atoms with van der Waals surface area (Å²) in [7, 11) is 0. The molecule has 0 aromatic heterocycles. The Labute approximate surface area is 193 Å². The van der Waals surface area contributed by atoms with Crippen LogP contribution in [0.5, 0.6) is 5.75 Å². The highest BCUT2D eigenvalue weighted by atomic mass is 19.4. The van der Waals surface area contributed by atoms with Crippen molar-refractivity contribution >= 4 is 11.6 Å². The van der Waals surface area contributed by atoms with Crippen LogP contribution in [0.15, 0.2) is 48.0 Å². The molecule has 1 amide bonds. The Morgan fingerprint density at radius 3 is 2.44 bits per heavy atom. The standard InChI is InChI=1S/C24H23F5N2O3/c1-4-33-30-12-18-20(31-13-14-7-5-6-8-16(14)21(31)32)17-11-15(23(25,26)24(27,28)29)9-10-19(17)34-22(18,2)3/h5-11,30H,4,12-13H2,1-3H3. The number of carbonyl (C=O) groups is 1. The fraction of sp³-hybridized carbons (Fsp3) is 0.375. The summed E-state index contributed by atoms with van der Waals surface area (Å²) in [6.07, 6.45) is -5.78. The van der Waals surface area contributed by atoms with E-state index in [1.54, 1.807) is 45.0 Å². The molecule has 182 valence electrons. The number of rotatable bonds is 6. The molecule has 0 aliphatic carbocycles. The summed E-state index contributed by atoms with van der Waals surface area (Å²) in [5, 5.41) is 0. The Morgan fingerprint density at radius 2 is 1.79 bits per heavy atom. The molecule has 0 radical (unpaired) electrons. The number of alkyl halides is 5. The summed E-state index contributed by atoms with van der Waals surface area (Å²) in [6.45, 7) is 5.73. The van der Waals surface area contributed by atoms with Gasteiger partial charge in [0.2, 0.25) is 0 Å². The number of fused-ring (bicyclic) bond motifs is 2. The van der Waals surface area contributed by atoms with Crippen molar-refractivity contribution in [3.63, 3.8) is 0 Å². The molecule has 2 aromatic rings. The third-order valence-corrected chi connectivity index (χ3v) is 5.92. The number of hydrogen-bond donors (Lipinski definition) is 1. The van der Waals surface area contributed by atoms with Crippen molar-refractivity contribution in [1.29, 1.82) is 0 Å². The molecule has 2 heterocycles. The van der Waals surface area contributed by atoms with E-state index in [1.165, 1.54) is 4.90 Å². The van der Waals surface area contributed by atoms with Gasteiger partial charge in [0.1, 0.15) is 11.4 Å². The van der Waals surface area contributed by atoms with Crippen LogP contribution in [0.4, 0.5) is 22.0 Å². The minimum atomic E-state index is -5.78. The third-order valence-electron chi connectivity index (χ3n) is 5.92. The lowest BCUT2D eigenvalue weighted by Crippen LogP contribution is -2.42. The first-order valence-electron chi connectivity index (χ1n) is 10.6. The largest absolute Gasteiger partial charge is 0.483 e. The van der Waals surface area contributed by atoms with Gasteiger partial charge in [-0.1, -0.05) is 18.2 Å². The maximum atomic E-state index is 14.2. The fourth-order valence-electron chi connectivity index (χ4n) is 4.21. The van der Waals surface area contributed by atoms with Gasteiger partial charge in [-0.25, -0.2) is 0 Å². The number of ether oxygens (including phenoxy) is 1. The van der Waals surface area contributed by atoms with E-state index < -0.39 is 23.3 Å². The molecule has 10 heteroatoms. The first-order valence-corrected chi connectivity index (χ1v) is 10.6. The number of benzene rings is 2. The van der Waals surface area contributed by atoms with Crippen molar-refractivity contribution in [2.75, 3.05) is 13.2 Å². The molecule has 0 saturated heterocycles. The van der Waals surface area contributed by atoms with Crippen LogP contribution in [0.25, 0.3) is 5.70 Å². The van der Waals surface area contributed by atoms with Crippen LogP contribution in [0.1, 0.15) is 47.8 Å².